The summed E-state index contributed by atoms with van der Waals surface area (Å²) in [5.74, 6) is -5.02. The number of hydrogen-bond donors (Lipinski definition) is 0. The maximum Gasteiger partial charge on any atom is 0.338 e. The van der Waals surface area contributed by atoms with Gasteiger partial charge in [-0.1, -0.05) is 36.4 Å². The number of methoxy groups -OCH3 is 1. The number of anilines is 1. The van der Waals surface area contributed by atoms with Gasteiger partial charge in [-0.05, 0) is 48.9 Å². The predicted octanol–water partition coefficient (Wildman–Crippen LogP) is 3.57. The molecule has 1 spiro atoms. The number of ketones is 2. The molecule has 0 radical (unpaired) electrons. The fourth-order valence-corrected chi connectivity index (χ4v) is 5.83. The fraction of sp³-hybridized carbons (Fsp3) is 0.233. The summed E-state index contributed by atoms with van der Waals surface area (Å²) < 4.78 is 16.5. The number of carbonyl (C=O) groups excluding carboxylic acids is 5. The lowest BCUT2D eigenvalue weighted by atomic mass is 9.77. The van der Waals surface area contributed by atoms with Crippen molar-refractivity contribution in [2.45, 2.75) is 18.6 Å². The Hall–Kier alpha value is -4.63. The Labute approximate surface area is 223 Å². The molecule has 3 atom stereocenters. The molecule has 196 valence electrons. The van der Waals surface area contributed by atoms with Crippen LogP contribution in [0.4, 0.5) is 5.69 Å². The molecule has 0 bridgehead atoms. The van der Waals surface area contributed by atoms with Crippen molar-refractivity contribution >= 4 is 35.0 Å². The molecule has 0 N–H and O–H groups in total. The van der Waals surface area contributed by atoms with E-state index >= 15 is 0 Å². The van der Waals surface area contributed by atoms with Gasteiger partial charge in [0.1, 0.15) is 5.75 Å². The van der Waals surface area contributed by atoms with Gasteiger partial charge in [-0.25, -0.2) is 9.69 Å². The number of esters is 1. The number of carbonyl (C=O) groups is 5. The minimum atomic E-state index is -2.16. The van der Waals surface area contributed by atoms with E-state index in [-0.39, 0.29) is 29.0 Å². The zero-order valence-electron chi connectivity index (χ0n) is 21.1. The van der Waals surface area contributed by atoms with E-state index in [1.54, 1.807) is 43.3 Å². The van der Waals surface area contributed by atoms with E-state index in [2.05, 4.69) is 0 Å². The molecule has 3 aromatic rings. The predicted molar refractivity (Wildman–Crippen MR) is 137 cm³/mol. The van der Waals surface area contributed by atoms with E-state index in [0.29, 0.717) is 11.3 Å². The highest BCUT2D eigenvalue weighted by molar-refractivity contribution is 6.37. The molecule has 6 rings (SSSR count). The van der Waals surface area contributed by atoms with Crippen molar-refractivity contribution in [2.24, 2.45) is 11.8 Å². The number of benzene rings is 3. The van der Waals surface area contributed by atoms with Gasteiger partial charge in [-0.3, -0.25) is 19.2 Å². The first-order valence-corrected chi connectivity index (χ1v) is 12.5. The highest BCUT2D eigenvalue weighted by Crippen LogP contribution is 2.57. The average molecular weight is 526 g/mol. The summed E-state index contributed by atoms with van der Waals surface area (Å²) in [6.07, 6.45) is -1.04. The summed E-state index contributed by atoms with van der Waals surface area (Å²) in [4.78, 5) is 68.7. The maximum absolute atomic E-state index is 14.0. The molecular formula is C30H23NO8. The summed E-state index contributed by atoms with van der Waals surface area (Å²) in [6.45, 7) is 1.89. The molecule has 2 heterocycles. The molecule has 3 aliphatic rings. The Balaban J connectivity index is 1.46. The highest BCUT2D eigenvalue weighted by atomic mass is 16.5. The normalized spacial score (nSPS) is 22.8. The molecule has 2 amide bonds. The van der Waals surface area contributed by atoms with Gasteiger partial charge >= 0.3 is 5.97 Å². The Morgan fingerprint density at radius 2 is 1.49 bits per heavy atom. The van der Waals surface area contributed by atoms with Gasteiger partial charge in [0.15, 0.2) is 0 Å². The zero-order valence-corrected chi connectivity index (χ0v) is 21.1. The van der Waals surface area contributed by atoms with Crippen molar-refractivity contribution in [3.63, 3.8) is 0 Å². The Morgan fingerprint density at radius 1 is 0.872 bits per heavy atom. The third-order valence-electron chi connectivity index (χ3n) is 7.60. The van der Waals surface area contributed by atoms with Crippen LogP contribution < -0.4 is 9.64 Å². The third kappa shape index (κ3) is 3.39. The maximum atomic E-state index is 14.0. The van der Waals surface area contributed by atoms with Crippen LogP contribution in [0, 0.1) is 11.8 Å². The van der Waals surface area contributed by atoms with Gasteiger partial charge in [-0.2, -0.15) is 0 Å². The first-order chi connectivity index (χ1) is 18.8. The quantitative estimate of drug-likeness (QED) is 0.282. The van der Waals surface area contributed by atoms with Crippen molar-refractivity contribution in [2.75, 3.05) is 18.6 Å². The first-order valence-electron chi connectivity index (χ1n) is 12.5. The lowest BCUT2D eigenvalue weighted by molar-refractivity contribution is -0.127. The van der Waals surface area contributed by atoms with Crippen LogP contribution in [-0.2, 0) is 19.1 Å². The third-order valence-corrected chi connectivity index (χ3v) is 7.60. The van der Waals surface area contributed by atoms with Crippen LogP contribution in [0.2, 0.25) is 0 Å². The van der Waals surface area contributed by atoms with Crippen molar-refractivity contribution in [1.82, 2.24) is 0 Å². The molecule has 1 aliphatic carbocycles. The minimum absolute atomic E-state index is 0.161. The van der Waals surface area contributed by atoms with Crippen molar-refractivity contribution in [3.05, 3.63) is 95.1 Å². The summed E-state index contributed by atoms with van der Waals surface area (Å²) >= 11 is 0. The second-order valence-electron chi connectivity index (χ2n) is 9.53. The Morgan fingerprint density at radius 3 is 2.05 bits per heavy atom. The second-order valence-corrected chi connectivity index (χ2v) is 9.53. The average Bonchev–Trinajstić information content (AvgIpc) is 3.53. The smallest absolute Gasteiger partial charge is 0.338 e. The SMILES string of the molecule is CCOC(=O)c1ccc(N2C(=O)[C@@H]3[C@@H](c4ccc(OC)cc4)OC4(C(=O)c5ccccc5C4=O)[C@H]3C2=O)cc1. The number of nitrogens with zero attached hydrogens (tertiary/aromatic N) is 1. The number of amides is 2. The monoisotopic (exact) mass is 525 g/mol. The highest BCUT2D eigenvalue weighted by Gasteiger charge is 2.74. The van der Waals surface area contributed by atoms with E-state index in [9.17, 15) is 24.0 Å². The number of rotatable bonds is 5. The van der Waals surface area contributed by atoms with Crippen LogP contribution in [0.3, 0.4) is 0 Å². The molecule has 39 heavy (non-hydrogen) atoms. The van der Waals surface area contributed by atoms with E-state index in [1.807, 2.05) is 0 Å². The summed E-state index contributed by atoms with van der Waals surface area (Å²) in [5.41, 5.74) is -0.840. The van der Waals surface area contributed by atoms with Crippen molar-refractivity contribution in [3.8, 4) is 5.75 Å². The van der Waals surface area contributed by atoms with Crippen molar-refractivity contribution in [1.29, 1.82) is 0 Å². The molecular weight excluding hydrogens is 502 g/mol. The van der Waals surface area contributed by atoms with Gasteiger partial charge in [0.25, 0.3) is 0 Å². The summed E-state index contributed by atoms with van der Waals surface area (Å²) in [7, 11) is 1.52. The van der Waals surface area contributed by atoms with Crippen LogP contribution in [-0.4, -0.2) is 48.7 Å². The topological polar surface area (TPSA) is 116 Å². The lowest BCUT2D eigenvalue weighted by Gasteiger charge is -2.27. The molecule has 9 heteroatoms. The Kier molecular flexibility index (Phi) is 5.69. The standard InChI is InChI=1S/C30H23NO8/c1-3-38-29(36)17-8-12-18(13-9-17)31-27(34)22-23(28(31)35)30(25(32)20-6-4-5-7-21(20)26(30)33)39-24(22)16-10-14-19(37-2)15-11-16/h4-15,22-24H,3H2,1-2H3/t22-,23+,24+/m0/s1. The number of Topliss-reactive ketones (excluding diaryl/α,β-unsaturated/α-hetero) is 2. The van der Waals surface area contributed by atoms with Crippen LogP contribution in [0.5, 0.6) is 5.75 Å². The van der Waals surface area contributed by atoms with Gasteiger partial charge in [0, 0.05) is 11.1 Å². The van der Waals surface area contributed by atoms with E-state index in [4.69, 9.17) is 14.2 Å². The largest absolute Gasteiger partial charge is 0.497 e. The molecule has 9 nitrogen and oxygen atoms in total. The lowest BCUT2D eigenvalue weighted by Crippen LogP contribution is -2.51. The van der Waals surface area contributed by atoms with E-state index in [0.717, 1.165) is 4.90 Å². The number of hydrogen-bond acceptors (Lipinski definition) is 8. The molecule has 3 aromatic carbocycles. The minimum Gasteiger partial charge on any atom is -0.497 e. The summed E-state index contributed by atoms with van der Waals surface area (Å²) in [6, 6.07) is 18.9. The molecule has 2 aliphatic heterocycles. The van der Waals surface area contributed by atoms with Gasteiger partial charge < -0.3 is 14.2 Å². The second kappa shape index (κ2) is 8.99. The number of imide groups is 1. The summed E-state index contributed by atoms with van der Waals surface area (Å²) in [5, 5.41) is 0. The van der Waals surface area contributed by atoms with Gasteiger partial charge in [-0.15, -0.1) is 0 Å². The first kappa shape index (κ1) is 24.7. The molecule has 0 saturated carbocycles. The molecule has 2 fully saturated rings. The van der Waals surface area contributed by atoms with Crippen LogP contribution in [0.1, 0.15) is 49.7 Å². The van der Waals surface area contributed by atoms with E-state index in [1.165, 1.54) is 43.5 Å². The fourth-order valence-electron chi connectivity index (χ4n) is 5.83. The van der Waals surface area contributed by atoms with Gasteiger partial charge in [0.05, 0.1) is 42.9 Å². The van der Waals surface area contributed by atoms with Crippen LogP contribution in [0.25, 0.3) is 0 Å². The zero-order chi connectivity index (χ0) is 27.5. The number of fused-ring (bicyclic) bond motifs is 3. The van der Waals surface area contributed by atoms with Crippen LogP contribution >= 0.6 is 0 Å². The van der Waals surface area contributed by atoms with Crippen molar-refractivity contribution < 1.29 is 38.2 Å². The molecule has 0 unspecified atom stereocenters. The van der Waals surface area contributed by atoms with Gasteiger partial charge in [0.2, 0.25) is 29.0 Å². The Bertz CT molecular complexity index is 1510. The molecule has 0 aromatic heterocycles. The molecule has 2 saturated heterocycles. The number of ether oxygens (including phenoxy) is 3. The van der Waals surface area contributed by atoms with E-state index < -0.39 is 52.9 Å². The van der Waals surface area contributed by atoms with Crippen LogP contribution in [0.15, 0.2) is 72.8 Å².